The maximum absolute atomic E-state index is 11.5. The van der Waals surface area contributed by atoms with E-state index in [0.717, 1.165) is 0 Å². The highest BCUT2D eigenvalue weighted by Gasteiger charge is 2.09. The molecule has 8 heteroatoms. The van der Waals surface area contributed by atoms with Gasteiger partial charge in [0.25, 0.3) is 0 Å². The Balaban J connectivity index is 2.65. The average Bonchev–Trinajstić information content (AvgIpc) is 2.31. The molecule has 6 nitrogen and oxygen atoms in total. The molecule has 1 unspecified atom stereocenters. The van der Waals surface area contributed by atoms with Crippen LogP contribution in [0, 0.1) is 0 Å². The minimum atomic E-state index is -1.11. The number of carboxylic acid groups (broad SMARTS) is 1. The van der Waals surface area contributed by atoms with E-state index in [9.17, 15) is 13.8 Å². The quantitative estimate of drug-likeness (QED) is 0.769. The van der Waals surface area contributed by atoms with Crippen LogP contribution in [0.2, 0.25) is 5.02 Å². The first-order valence-corrected chi connectivity index (χ1v) is 7.38. The Labute approximate surface area is 117 Å². The molecule has 1 aromatic rings. The first-order chi connectivity index (χ1) is 8.90. The minimum absolute atomic E-state index is 0.0226. The van der Waals surface area contributed by atoms with Crippen LogP contribution in [-0.4, -0.2) is 39.9 Å². The zero-order chi connectivity index (χ0) is 14.4. The van der Waals surface area contributed by atoms with Crippen LogP contribution in [0.1, 0.15) is 10.4 Å². The van der Waals surface area contributed by atoms with Gasteiger partial charge in [-0.2, -0.15) is 0 Å². The van der Waals surface area contributed by atoms with Gasteiger partial charge in [-0.15, -0.1) is 0 Å². The van der Waals surface area contributed by atoms with E-state index in [-0.39, 0.29) is 22.8 Å². The van der Waals surface area contributed by atoms with Gasteiger partial charge in [-0.05, 0) is 18.2 Å². The van der Waals surface area contributed by atoms with E-state index in [0.29, 0.717) is 5.75 Å². The molecule has 0 aliphatic rings. The number of carbonyl (C=O) groups excluding carboxylic acids is 1. The van der Waals surface area contributed by atoms with Gasteiger partial charge in [-0.25, -0.2) is 9.59 Å². The summed E-state index contributed by atoms with van der Waals surface area (Å²) in [6.45, 7) is 0.255. The second-order valence-electron chi connectivity index (χ2n) is 3.66. The topological polar surface area (TPSA) is 95.5 Å². The van der Waals surface area contributed by atoms with Crippen molar-refractivity contribution in [3.8, 4) is 0 Å². The summed E-state index contributed by atoms with van der Waals surface area (Å²) in [6.07, 6.45) is 1.53. The third-order valence-electron chi connectivity index (χ3n) is 2.14. The number of nitrogens with one attached hydrogen (secondary N) is 2. The Kier molecular flexibility index (Phi) is 5.78. The molecule has 3 N–H and O–H groups in total. The van der Waals surface area contributed by atoms with E-state index in [1.807, 2.05) is 0 Å². The number of carbonyl (C=O) groups is 2. The molecule has 1 rings (SSSR count). The average molecular weight is 305 g/mol. The van der Waals surface area contributed by atoms with Crippen molar-refractivity contribution in [1.82, 2.24) is 5.32 Å². The van der Waals surface area contributed by atoms with E-state index in [4.69, 9.17) is 16.7 Å². The lowest BCUT2D eigenvalue weighted by Crippen LogP contribution is -2.31. The van der Waals surface area contributed by atoms with Gasteiger partial charge in [0.05, 0.1) is 16.3 Å². The molecule has 0 radical (unpaired) electrons. The number of benzene rings is 1. The number of anilines is 1. The third kappa shape index (κ3) is 5.27. The van der Waals surface area contributed by atoms with E-state index < -0.39 is 22.8 Å². The van der Waals surface area contributed by atoms with Crippen molar-refractivity contribution in [2.45, 2.75) is 0 Å². The van der Waals surface area contributed by atoms with Crippen molar-refractivity contribution >= 4 is 40.1 Å². The fourth-order valence-corrected chi connectivity index (χ4v) is 1.78. The van der Waals surface area contributed by atoms with Gasteiger partial charge in [-0.3, -0.25) is 4.21 Å². The Morgan fingerprint density at radius 3 is 2.68 bits per heavy atom. The smallest absolute Gasteiger partial charge is 0.335 e. The van der Waals surface area contributed by atoms with Crippen molar-refractivity contribution < 1.29 is 18.9 Å². The van der Waals surface area contributed by atoms with Crippen LogP contribution in [-0.2, 0) is 10.8 Å². The summed E-state index contributed by atoms with van der Waals surface area (Å²) < 4.78 is 10.8. The molecule has 0 saturated carbocycles. The van der Waals surface area contributed by atoms with Gasteiger partial charge in [0.15, 0.2) is 0 Å². The first-order valence-electron chi connectivity index (χ1n) is 5.28. The molecule has 0 aliphatic carbocycles. The van der Waals surface area contributed by atoms with E-state index in [1.54, 1.807) is 0 Å². The highest BCUT2D eigenvalue weighted by Crippen LogP contribution is 2.22. The lowest BCUT2D eigenvalue weighted by atomic mass is 10.2. The van der Waals surface area contributed by atoms with E-state index in [2.05, 4.69) is 10.6 Å². The summed E-state index contributed by atoms with van der Waals surface area (Å²) >= 11 is 5.85. The predicted molar refractivity (Wildman–Crippen MR) is 74.4 cm³/mol. The maximum atomic E-state index is 11.5. The SMILES string of the molecule is CS(=O)CCNC(=O)Nc1cc(C(=O)O)ccc1Cl. The monoisotopic (exact) mass is 304 g/mol. The lowest BCUT2D eigenvalue weighted by molar-refractivity contribution is 0.0697. The van der Waals surface area contributed by atoms with Crippen molar-refractivity contribution in [3.05, 3.63) is 28.8 Å². The Hall–Kier alpha value is -1.60. The normalized spacial score (nSPS) is 11.7. The Bertz CT molecular complexity index is 521. The van der Waals surface area contributed by atoms with Gasteiger partial charge in [-0.1, -0.05) is 11.6 Å². The number of hydrogen-bond donors (Lipinski definition) is 3. The largest absolute Gasteiger partial charge is 0.478 e. The molecule has 0 fully saturated rings. The van der Waals surface area contributed by atoms with Crippen LogP contribution >= 0.6 is 11.6 Å². The van der Waals surface area contributed by atoms with Crippen molar-refractivity contribution in [3.63, 3.8) is 0 Å². The van der Waals surface area contributed by atoms with Crippen molar-refractivity contribution in [2.75, 3.05) is 23.9 Å². The molecule has 19 heavy (non-hydrogen) atoms. The summed E-state index contributed by atoms with van der Waals surface area (Å²) in [5.74, 6) is -0.766. The summed E-state index contributed by atoms with van der Waals surface area (Å²) in [5, 5.41) is 14.0. The van der Waals surface area contributed by atoms with Crippen LogP contribution in [0.15, 0.2) is 18.2 Å². The van der Waals surface area contributed by atoms with Crippen LogP contribution in [0.4, 0.5) is 10.5 Å². The van der Waals surface area contributed by atoms with Crippen LogP contribution in [0.25, 0.3) is 0 Å². The van der Waals surface area contributed by atoms with Crippen molar-refractivity contribution in [1.29, 1.82) is 0 Å². The molecule has 1 atom stereocenters. The van der Waals surface area contributed by atoms with Gasteiger partial charge >= 0.3 is 12.0 Å². The molecule has 0 spiro atoms. The van der Waals surface area contributed by atoms with Crippen molar-refractivity contribution in [2.24, 2.45) is 0 Å². The number of carboxylic acids is 1. The number of aromatic carboxylic acids is 1. The van der Waals surface area contributed by atoms with Crippen LogP contribution < -0.4 is 10.6 Å². The zero-order valence-electron chi connectivity index (χ0n) is 10.1. The molecular weight excluding hydrogens is 292 g/mol. The highest BCUT2D eigenvalue weighted by molar-refractivity contribution is 7.84. The molecule has 0 saturated heterocycles. The van der Waals surface area contributed by atoms with E-state index in [1.165, 1.54) is 24.5 Å². The summed E-state index contributed by atoms with van der Waals surface area (Å²) in [7, 11) is -0.989. The summed E-state index contributed by atoms with van der Waals surface area (Å²) in [4.78, 5) is 22.3. The molecule has 0 heterocycles. The minimum Gasteiger partial charge on any atom is -0.478 e. The fraction of sp³-hybridized carbons (Fsp3) is 0.273. The zero-order valence-corrected chi connectivity index (χ0v) is 11.7. The predicted octanol–water partition coefficient (Wildman–Crippen LogP) is 1.54. The second kappa shape index (κ2) is 7.10. The molecular formula is C11H13ClN2O4S. The van der Waals surface area contributed by atoms with Gasteiger partial charge in [0.1, 0.15) is 0 Å². The number of rotatable bonds is 5. The lowest BCUT2D eigenvalue weighted by Gasteiger charge is -2.09. The number of hydrogen-bond acceptors (Lipinski definition) is 3. The van der Waals surface area contributed by atoms with E-state index >= 15 is 0 Å². The first kappa shape index (κ1) is 15.5. The molecule has 0 aromatic heterocycles. The standard InChI is InChI=1S/C11H13ClN2O4S/c1-19(18)5-4-13-11(17)14-9-6-7(10(15)16)2-3-8(9)12/h2-3,6H,4-5H2,1H3,(H,15,16)(H2,13,14,17). The Morgan fingerprint density at radius 1 is 1.42 bits per heavy atom. The second-order valence-corrected chi connectivity index (χ2v) is 5.62. The summed E-state index contributed by atoms with van der Waals surface area (Å²) in [6, 6.07) is 3.47. The molecule has 1 aromatic carbocycles. The number of urea groups is 1. The van der Waals surface area contributed by atoms with Crippen LogP contribution in [0.5, 0.6) is 0 Å². The number of halogens is 1. The van der Waals surface area contributed by atoms with Gasteiger partial charge in [0, 0.05) is 29.4 Å². The summed E-state index contributed by atoms with van der Waals surface area (Å²) in [5.41, 5.74) is 0.228. The highest BCUT2D eigenvalue weighted by atomic mass is 35.5. The molecule has 2 amide bonds. The fourth-order valence-electron chi connectivity index (χ4n) is 1.23. The Morgan fingerprint density at radius 2 is 2.11 bits per heavy atom. The van der Waals surface area contributed by atoms with Gasteiger partial charge in [0.2, 0.25) is 0 Å². The number of amides is 2. The van der Waals surface area contributed by atoms with Crippen LogP contribution in [0.3, 0.4) is 0 Å². The molecule has 0 aliphatic heterocycles. The molecule has 0 bridgehead atoms. The maximum Gasteiger partial charge on any atom is 0.335 e. The third-order valence-corrected chi connectivity index (χ3v) is 3.25. The molecule has 104 valence electrons. The van der Waals surface area contributed by atoms with Gasteiger partial charge < -0.3 is 15.7 Å².